The molecule has 1 N–H and O–H groups in total. The largest absolute Gasteiger partial charge is 0.489 e. The summed E-state index contributed by atoms with van der Waals surface area (Å²) in [5, 5.41) is 14.7. The van der Waals surface area contributed by atoms with E-state index >= 15 is 0 Å². The molecule has 2 aromatic carbocycles. The van der Waals surface area contributed by atoms with Gasteiger partial charge in [0.2, 0.25) is 6.79 Å². The zero-order chi connectivity index (χ0) is 20.1. The van der Waals surface area contributed by atoms with Crippen LogP contribution in [0.15, 0.2) is 65.9 Å². The summed E-state index contributed by atoms with van der Waals surface area (Å²) in [6, 6.07) is 16.0. The number of rotatable bonds is 7. The van der Waals surface area contributed by atoms with Crippen molar-refractivity contribution in [1.29, 1.82) is 0 Å². The molecular weight excluding hydrogens is 376 g/mol. The Morgan fingerprint density at radius 3 is 2.72 bits per heavy atom. The Morgan fingerprint density at radius 1 is 1.14 bits per heavy atom. The van der Waals surface area contributed by atoms with Gasteiger partial charge in [-0.2, -0.15) is 5.10 Å². The average Bonchev–Trinajstić information content (AvgIpc) is 3.21. The highest BCUT2D eigenvalue weighted by Crippen LogP contribution is 2.32. The van der Waals surface area contributed by atoms with Gasteiger partial charge in [-0.05, 0) is 53.6 Å². The van der Waals surface area contributed by atoms with E-state index in [1.165, 1.54) is 18.3 Å². The van der Waals surface area contributed by atoms with Crippen LogP contribution in [0, 0.1) is 10.1 Å². The molecule has 2 heterocycles. The van der Waals surface area contributed by atoms with E-state index in [4.69, 9.17) is 14.2 Å². The maximum absolute atomic E-state index is 10.6. The molecule has 0 saturated heterocycles. The van der Waals surface area contributed by atoms with Crippen LogP contribution in [-0.2, 0) is 6.61 Å². The predicted molar refractivity (Wildman–Crippen MR) is 105 cm³/mol. The summed E-state index contributed by atoms with van der Waals surface area (Å²) in [7, 11) is 0. The average molecular weight is 392 g/mol. The normalized spacial score (nSPS) is 12.1. The first-order chi connectivity index (χ1) is 14.2. The van der Waals surface area contributed by atoms with E-state index < -0.39 is 4.92 Å². The van der Waals surface area contributed by atoms with E-state index in [0.29, 0.717) is 12.4 Å². The Labute approximate surface area is 165 Å². The quantitative estimate of drug-likeness (QED) is 0.371. The van der Waals surface area contributed by atoms with Crippen LogP contribution in [-0.4, -0.2) is 22.9 Å². The van der Waals surface area contributed by atoms with E-state index in [9.17, 15) is 10.1 Å². The molecular formula is C20H16N4O5. The second kappa shape index (κ2) is 8.26. The van der Waals surface area contributed by atoms with Gasteiger partial charge in [0.05, 0.1) is 11.1 Å². The number of nitrogens with zero attached hydrogens (tertiary/aromatic N) is 3. The minimum absolute atomic E-state index is 0.0733. The minimum atomic E-state index is -0.504. The molecule has 1 aromatic heterocycles. The van der Waals surface area contributed by atoms with E-state index in [0.717, 1.165) is 28.4 Å². The highest BCUT2D eigenvalue weighted by atomic mass is 16.7. The van der Waals surface area contributed by atoms with Crippen LogP contribution in [0.4, 0.5) is 11.5 Å². The lowest BCUT2D eigenvalue weighted by molar-refractivity contribution is -0.385. The third-order valence-corrected chi connectivity index (χ3v) is 4.07. The van der Waals surface area contributed by atoms with E-state index in [1.807, 2.05) is 42.5 Å². The van der Waals surface area contributed by atoms with Gasteiger partial charge in [-0.15, -0.1) is 0 Å². The van der Waals surface area contributed by atoms with E-state index in [1.54, 1.807) is 6.21 Å². The molecule has 146 valence electrons. The molecule has 0 fully saturated rings. The molecule has 0 unspecified atom stereocenters. The fourth-order valence-corrected chi connectivity index (χ4v) is 2.58. The van der Waals surface area contributed by atoms with Crippen molar-refractivity contribution >= 4 is 17.7 Å². The summed E-state index contributed by atoms with van der Waals surface area (Å²) in [5.74, 6) is 2.61. The Bertz CT molecular complexity index is 1040. The molecule has 0 amide bonds. The molecule has 4 rings (SSSR count). The van der Waals surface area contributed by atoms with Gasteiger partial charge in [-0.1, -0.05) is 6.07 Å². The van der Waals surface area contributed by atoms with Crippen LogP contribution >= 0.6 is 0 Å². The summed E-state index contributed by atoms with van der Waals surface area (Å²) < 4.78 is 16.4. The number of hydrogen-bond acceptors (Lipinski definition) is 8. The number of aromatic nitrogens is 1. The number of hydrogen-bond donors (Lipinski definition) is 1. The number of benzene rings is 2. The fraction of sp³-hybridized carbons (Fsp3) is 0.100. The number of pyridine rings is 1. The number of anilines is 1. The van der Waals surface area contributed by atoms with E-state index in [2.05, 4.69) is 15.5 Å². The van der Waals surface area contributed by atoms with Crippen molar-refractivity contribution in [3.05, 3.63) is 82.0 Å². The molecule has 3 aromatic rings. The van der Waals surface area contributed by atoms with Crippen LogP contribution in [0.25, 0.3) is 0 Å². The molecule has 0 aliphatic carbocycles. The zero-order valence-electron chi connectivity index (χ0n) is 15.1. The number of fused-ring (bicyclic) bond motifs is 1. The number of nitrogens with one attached hydrogen (secondary N) is 1. The first-order valence-corrected chi connectivity index (χ1v) is 8.68. The van der Waals surface area contributed by atoms with Crippen LogP contribution in [0.3, 0.4) is 0 Å². The van der Waals surface area contributed by atoms with Gasteiger partial charge in [0.25, 0.3) is 5.69 Å². The van der Waals surface area contributed by atoms with Gasteiger partial charge in [0.1, 0.15) is 24.4 Å². The van der Waals surface area contributed by atoms with Gasteiger partial charge in [0, 0.05) is 6.07 Å². The first-order valence-electron chi connectivity index (χ1n) is 8.68. The molecule has 1 aliphatic heterocycles. The topological polar surface area (TPSA) is 108 Å². The van der Waals surface area contributed by atoms with Crippen molar-refractivity contribution < 1.29 is 19.1 Å². The van der Waals surface area contributed by atoms with Crippen molar-refractivity contribution in [2.75, 3.05) is 12.2 Å². The predicted octanol–water partition coefficient (Wildman–Crippen LogP) is 3.74. The number of nitro groups is 1. The van der Waals surface area contributed by atoms with Gasteiger partial charge in [-0.25, -0.2) is 4.98 Å². The van der Waals surface area contributed by atoms with Gasteiger partial charge in [-0.3, -0.25) is 15.5 Å². The third kappa shape index (κ3) is 4.59. The van der Waals surface area contributed by atoms with Crippen molar-refractivity contribution in [2.45, 2.75) is 6.61 Å². The molecule has 9 heteroatoms. The molecule has 0 spiro atoms. The standard InChI is InChI=1S/C20H16N4O5/c25-24(26)16-4-8-20(21-11-16)23-22-10-14-1-5-17(6-2-14)27-12-15-3-7-18-19(9-15)29-13-28-18/h1-11H,12-13H2,(H,21,23)/b22-10-. The highest BCUT2D eigenvalue weighted by Gasteiger charge is 2.13. The number of hydrazone groups is 1. The van der Waals surface area contributed by atoms with Gasteiger partial charge in [0.15, 0.2) is 11.5 Å². The molecule has 0 radical (unpaired) electrons. The molecule has 0 bridgehead atoms. The second-order valence-electron chi connectivity index (χ2n) is 6.07. The molecule has 9 nitrogen and oxygen atoms in total. The summed E-state index contributed by atoms with van der Waals surface area (Å²) in [4.78, 5) is 14.0. The maximum Gasteiger partial charge on any atom is 0.287 e. The van der Waals surface area contributed by atoms with Gasteiger partial charge < -0.3 is 14.2 Å². The van der Waals surface area contributed by atoms with Crippen molar-refractivity contribution in [3.63, 3.8) is 0 Å². The van der Waals surface area contributed by atoms with Crippen LogP contribution in [0.5, 0.6) is 17.2 Å². The van der Waals surface area contributed by atoms with Crippen molar-refractivity contribution in [1.82, 2.24) is 4.98 Å². The monoisotopic (exact) mass is 392 g/mol. The van der Waals surface area contributed by atoms with Crippen molar-refractivity contribution in [3.8, 4) is 17.2 Å². The number of ether oxygens (including phenoxy) is 3. The molecule has 0 saturated carbocycles. The highest BCUT2D eigenvalue weighted by molar-refractivity contribution is 5.80. The molecule has 1 aliphatic rings. The summed E-state index contributed by atoms with van der Waals surface area (Å²) >= 11 is 0. The maximum atomic E-state index is 10.6. The van der Waals surface area contributed by atoms with Gasteiger partial charge >= 0.3 is 0 Å². The van der Waals surface area contributed by atoms with Crippen molar-refractivity contribution in [2.24, 2.45) is 5.10 Å². The Balaban J connectivity index is 1.29. The Morgan fingerprint density at radius 2 is 1.97 bits per heavy atom. The summed E-state index contributed by atoms with van der Waals surface area (Å²) in [6.07, 6.45) is 2.79. The zero-order valence-corrected chi connectivity index (χ0v) is 15.1. The van der Waals surface area contributed by atoms with Crippen LogP contribution in [0.2, 0.25) is 0 Å². The van der Waals surface area contributed by atoms with E-state index in [-0.39, 0.29) is 12.5 Å². The Hall–Kier alpha value is -4.14. The lowest BCUT2D eigenvalue weighted by Crippen LogP contribution is -1.96. The lowest BCUT2D eigenvalue weighted by Gasteiger charge is -2.07. The summed E-state index contributed by atoms with van der Waals surface area (Å²) in [6.45, 7) is 0.662. The fourth-order valence-electron chi connectivity index (χ4n) is 2.58. The Kier molecular flexibility index (Phi) is 5.19. The second-order valence-corrected chi connectivity index (χ2v) is 6.07. The third-order valence-electron chi connectivity index (χ3n) is 4.07. The van der Waals surface area contributed by atoms with Crippen LogP contribution in [0.1, 0.15) is 11.1 Å². The lowest BCUT2D eigenvalue weighted by atomic mass is 10.2. The minimum Gasteiger partial charge on any atom is -0.489 e. The SMILES string of the molecule is O=[N+]([O-])c1ccc(N/N=C\c2ccc(OCc3ccc4c(c3)OCO4)cc2)nc1. The van der Waals surface area contributed by atoms with Crippen LogP contribution < -0.4 is 19.6 Å². The first kappa shape index (κ1) is 18.2. The molecule has 0 atom stereocenters. The summed E-state index contributed by atoms with van der Waals surface area (Å²) in [5.41, 5.74) is 4.49. The molecule has 29 heavy (non-hydrogen) atoms. The smallest absolute Gasteiger partial charge is 0.287 e.